The Morgan fingerprint density at radius 1 is 1.14 bits per heavy atom. The number of rotatable bonds is 3. The molecule has 1 aromatic rings. The topological polar surface area (TPSA) is 29.5 Å². The van der Waals surface area contributed by atoms with Crippen LogP contribution in [0.3, 0.4) is 0 Å². The van der Waals surface area contributed by atoms with Crippen molar-refractivity contribution in [2.24, 2.45) is 0 Å². The highest BCUT2D eigenvalue weighted by Gasteiger charge is 2.42. The van der Waals surface area contributed by atoms with E-state index < -0.39 is 0 Å². The minimum atomic E-state index is -0.350. The molecule has 0 aromatic heterocycles. The molecular weight excluding hydrogens is 262 g/mol. The molecule has 3 nitrogen and oxygen atoms in total. The van der Waals surface area contributed by atoms with Gasteiger partial charge in [-0.15, -0.1) is 0 Å². The Bertz CT molecular complexity index is 528. The number of carbonyl (C=O) groups excluding carboxylic acids is 1. The van der Waals surface area contributed by atoms with Gasteiger partial charge in [-0.2, -0.15) is 0 Å². The number of Topliss-reactive ketones (excluding diaryl/α,β-unsaturated/α-hetero) is 1. The van der Waals surface area contributed by atoms with E-state index in [9.17, 15) is 4.79 Å². The summed E-state index contributed by atoms with van der Waals surface area (Å²) < 4.78 is 5.76. The first-order chi connectivity index (χ1) is 10.1. The van der Waals surface area contributed by atoms with Gasteiger partial charge in [-0.1, -0.05) is 37.8 Å². The van der Waals surface area contributed by atoms with Crippen molar-refractivity contribution >= 4 is 5.78 Å². The van der Waals surface area contributed by atoms with Crippen LogP contribution in [0.4, 0.5) is 0 Å². The van der Waals surface area contributed by atoms with Gasteiger partial charge in [0.1, 0.15) is 5.75 Å². The van der Waals surface area contributed by atoms with E-state index in [4.69, 9.17) is 4.74 Å². The van der Waals surface area contributed by atoms with E-state index in [1.165, 1.54) is 18.4 Å². The summed E-state index contributed by atoms with van der Waals surface area (Å²) in [6, 6.07) is 6.03. The third-order valence-corrected chi connectivity index (χ3v) is 5.17. The Hall–Kier alpha value is -1.35. The Morgan fingerprint density at radius 3 is 2.52 bits per heavy atom. The van der Waals surface area contributed by atoms with Crippen LogP contribution >= 0.6 is 0 Å². The summed E-state index contributed by atoms with van der Waals surface area (Å²) in [7, 11) is 4.10. The second kappa shape index (κ2) is 5.80. The number of likely N-dealkylation sites (N-methyl/N-ethyl adjacent to an activating group) is 1. The second-order valence-electron chi connectivity index (χ2n) is 6.56. The van der Waals surface area contributed by atoms with Crippen molar-refractivity contribution in [3.63, 3.8) is 0 Å². The van der Waals surface area contributed by atoms with Crippen LogP contribution in [-0.4, -0.2) is 36.9 Å². The maximum atomic E-state index is 13.4. The lowest BCUT2D eigenvalue weighted by Crippen LogP contribution is -2.50. The van der Waals surface area contributed by atoms with Crippen molar-refractivity contribution < 1.29 is 9.53 Å². The van der Waals surface area contributed by atoms with Crippen LogP contribution in [0.1, 0.15) is 54.4 Å². The quantitative estimate of drug-likeness (QED) is 0.630. The van der Waals surface area contributed by atoms with Gasteiger partial charge in [0.15, 0.2) is 5.78 Å². The van der Waals surface area contributed by atoms with Crippen LogP contribution < -0.4 is 4.74 Å². The number of nitrogens with zero attached hydrogens (tertiary/aromatic N) is 1. The Morgan fingerprint density at radius 2 is 1.86 bits per heavy atom. The second-order valence-corrected chi connectivity index (χ2v) is 6.56. The molecule has 2 aliphatic rings. The highest BCUT2D eigenvalue weighted by molar-refractivity contribution is 6.05. The number of benzene rings is 1. The van der Waals surface area contributed by atoms with E-state index in [0.29, 0.717) is 6.61 Å². The van der Waals surface area contributed by atoms with Gasteiger partial charge in [0.25, 0.3) is 0 Å². The first-order valence-electron chi connectivity index (χ1n) is 8.12. The molecule has 0 saturated heterocycles. The highest BCUT2D eigenvalue weighted by Crippen LogP contribution is 2.38. The zero-order chi connectivity index (χ0) is 14.9. The summed E-state index contributed by atoms with van der Waals surface area (Å²) in [4.78, 5) is 15.5. The highest BCUT2D eigenvalue weighted by atomic mass is 16.5. The molecule has 1 heterocycles. The van der Waals surface area contributed by atoms with Gasteiger partial charge in [0.05, 0.1) is 17.7 Å². The molecule has 1 aliphatic heterocycles. The lowest BCUT2D eigenvalue weighted by atomic mass is 9.81. The maximum absolute atomic E-state index is 13.4. The van der Waals surface area contributed by atoms with Crippen LogP contribution in [0, 0.1) is 0 Å². The molecule has 0 atom stereocenters. The van der Waals surface area contributed by atoms with Gasteiger partial charge >= 0.3 is 0 Å². The van der Waals surface area contributed by atoms with E-state index in [1.807, 2.05) is 26.2 Å². The zero-order valence-corrected chi connectivity index (χ0v) is 13.2. The number of carbonyl (C=O) groups is 1. The molecule has 1 aromatic carbocycles. The first-order valence-corrected chi connectivity index (χ1v) is 8.12. The molecule has 1 saturated carbocycles. The lowest BCUT2D eigenvalue weighted by molar-refractivity contribution is 0.0632. The van der Waals surface area contributed by atoms with Crippen molar-refractivity contribution in [3.8, 4) is 5.75 Å². The third kappa shape index (κ3) is 2.48. The molecule has 0 radical (unpaired) electrons. The van der Waals surface area contributed by atoms with Crippen LogP contribution in [0.5, 0.6) is 5.75 Å². The molecule has 114 valence electrons. The summed E-state index contributed by atoms with van der Waals surface area (Å²) in [5, 5.41) is 0. The number of para-hydroxylation sites is 1. The first kappa shape index (κ1) is 14.6. The molecule has 21 heavy (non-hydrogen) atoms. The molecule has 0 unspecified atom stereocenters. The molecule has 1 aliphatic carbocycles. The molecule has 0 bridgehead atoms. The summed E-state index contributed by atoms with van der Waals surface area (Å²) in [5.74, 6) is 1.10. The molecule has 0 spiro atoms. The minimum absolute atomic E-state index is 0.258. The number of hydrogen-bond donors (Lipinski definition) is 0. The molecule has 0 amide bonds. The number of fused-ring (bicyclic) bond motifs is 1. The van der Waals surface area contributed by atoms with Crippen LogP contribution in [0.2, 0.25) is 0 Å². The summed E-state index contributed by atoms with van der Waals surface area (Å²) in [5.41, 5.74) is 1.63. The smallest absolute Gasteiger partial charge is 0.186 e. The van der Waals surface area contributed by atoms with Crippen LogP contribution in [0.15, 0.2) is 18.2 Å². The normalized spacial score (nSPS) is 20.7. The summed E-state index contributed by atoms with van der Waals surface area (Å²) >= 11 is 0. The van der Waals surface area contributed by atoms with Gasteiger partial charge in [-0.25, -0.2) is 0 Å². The SMILES string of the molecule is CN(C)C1(C(=O)c2cccc3c2OCC3)CCCCCC1. The van der Waals surface area contributed by atoms with Crippen molar-refractivity contribution in [1.29, 1.82) is 0 Å². The van der Waals surface area contributed by atoms with Gasteiger partial charge < -0.3 is 4.74 Å². The Labute approximate surface area is 127 Å². The Balaban J connectivity index is 2.00. The van der Waals surface area contributed by atoms with E-state index in [0.717, 1.165) is 43.4 Å². The van der Waals surface area contributed by atoms with Gasteiger partial charge in [-0.05, 0) is 38.6 Å². The monoisotopic (exact) mass is 287 g/mol. The fraction of sp³-hybridized carbons (Fsp3) is 0.611. The molecule has 0 N–H and O–H groups in total. The largest absolute Gasteiger partial charge is 0.492 e. The van der Waals surface area contributed by atoms with Gasteiger partial charge in [0, 0.05) is 6.42 Å². The number of ketones is 1. The van der Waals surface area contributed by atoms with Crippen molar-refractivity contribution in [3.05, 3.63) is 29.3 Å². The minimum Gasteiger partial charge on any atom is -0.492 e. The maximum Gasteiger partial charge on any atom is 0.186 e. The molecular formula is C18H25NO2. The molecule has 3 heteroatoms. The van der Waals surface area contributed by atoms with E-state index in [-0.39, 0.29) is 11.3 Å². The van der Waals surface area contributed by atoms with Crippen molar-refractivity contribution in [2.75, 3.05) is 20.7 Å². The fourth-order valence-electron chi connectivity index (χ4n) is 3.84. The number of ether oxygens (including phenoxy) is 1. The molecule has 3 rings (SSSR count). The average Bonchev–Trinajstić information content (AvgIpc) is 2.82. The van der Waals surface area contributed by atoms with Crippen LogP contribution in [-0.2, 0) is 6.42 Å². The predicted octanol–water partition coefficient (Wildman–Crippen LogP) is 3.46. The van der Waals surface area contributed by atoms with Crippen molar-refractivity contribution in [1.82, 2.24) is 4.90 Å². The van der Waals surface area contributed by atoms with Crippen molar-refractivity contribution in [2.45, 2.75) is 50.5 Å². The van der Waals surface area contributed by atoms with Crippen LogP contribution in [0.25, 0.3) is 0 Å². The van der Waals surface area contributed by atoms with Gasteiger partial charge in [0.2, 0.25) is 0 Å². The average molecular weight is 287 g/mol. The predicted molar refractivity (Wildman–Crippen MR) is 84.1 cm³/mol. The summed E-state index contributed by atoms with van der Waals surface area (Å²) in [6.45, 7) is 0.703. The standard InChI is InChI=1S/C18H25NO2/c1-19(2)18(11-5-3-4-6-12-18)17(20)15-9-7-8-14-10-13-21-16(14)15/h7-9H,3-6,10-13H2,1-2H3. The lowest BCUT2D eigenvalue weighted by Gasteiger charge is -2.38. The van der Waals surface area contributed by atoms with E-state index in [1.54, 1.807) is 0 Å². The van der Waals surface area contributed by atoms with Gasteiger partial charge in [-0.3, -0.25) is 9.69 Å². The Kier molecular flexibility index (Phi) is 4.03. The van der Waals surface area contributed by atoms with E-state index >= 15 is 0 Å². The van der Waals surface area contributed by atoms with E-state index in [2.05, 4.69) is 11.0 Å². The molecule has 1 fully saturated rings. The summed E-state index contributed by atoms with van der Waals surface area (Å²) in [6.07, 6.45) is 7.61. The third-order valence-electron chi connectivity index (χ3n) is 5.17. The zero-order valence-electron chi connectivity index (χ0n) is 13.2. The number of hydrogen-bond acceptors (Lipinski definition) is 3. The fourth-order valence-corrected chi connectivity index (χ4v) is 3.84.